The first-order chi connectivity index (χ1) is 11.6. The molecule has 0 bridgehead atoms. The number of ether oxygens (including phenoxy) is 1. The van der Waals surface area contributed by atoms with Gasteiger partial charge in [-0.2, -0.15) is 4.99 Å². The number of aryl methyl sites for hydroxylation is 1. The van der Waals surface area contributed by atoms with Crippen LogP contribution in [0.2, 0.25) is 5.02 Å². The van der Waals surface area contributed by atoms with Gasteiger partial charge in [0.25, 0.3) is 5.91 Å². The maximum atomic E-state index is 12.6. The third kappa shape index (κ3) is 3.23. The summed E-state index contributed by atoms with van der Waals surface area (Å²) < 4.78 is 8.33. The lowest BCUT2D eigenvalue weighted by atomic mass is 10.2. The van der Waals surface area contributed by atoms with Gasteiger partial charge in [0.2, 0.25) is 0 Å². The van der Waals surface area contributed by atoms with Crippen LogP contribution in [0.15, 0.2) is 47.5 Å². The molecule has 0 aliphatic heterocycles. The first kappa shape index (κ1) is 16.7. The summed E-state index contributed by atoms with van der Waals surface area (Å²) in [4.78, 5) is 17.6. The molecule has 1 heterocycles. The molecular weight excluding hydrogens is 344 g/mol. The third-order valence-corrected chi connectivity index (χ3v) is 4.90. The second kappa shape index (κ2) is 7.20. The van der Waals surface area contributed by atoms with Gasteiger partial charge in [0.1, 0.15) is 5.75 Å². The van der Waals surface area contributed by atoms with Gasteiger partial charge in [-0.1, -0.05) is 42.0 Å². The zero-order valence-corrected chi connectivity index (χ0v) is 15.0. The standard InChI is InChI=1S/C18H17ClN2O2S/c1-3-10-21-14-9-8-12(19)11-16(14)24-18(21)20-17(22)13-6-4-5-7-15(13)23-2/h4-9,11H,3,10H2,1-2H3. The highest BCUT2D eigenvalue weighted by Crippen LogP contribution is 2.23. The fraction of sp³-hybridized carbons (Fsp3) is 0.222. The summed E-state index contributed by atoms with van der Waals surface area (Å²) in [6.45, 7) is 2.89. The highest BCUT2D eigenvalue weighted by molar-refractivity contribution is 7.16. The minimum absolute atomic E-state index is 0.310. The largest absolute Gasteiger partial charge is 0.496 e. The Morgan fingerprint density at radius 2 is 2.08 bits per heavy atom. The number of methoxy groups -OCH3 is 1. The van der Waals surface area contributed by atoms with E-state index in [1.165, 1.54) is 11.3 Å². The molecule has 124 valence electrons. The smallest absolute Gasteiger partial charge is 0.283 e. The van der Waals surface area contributed by atoms with Crippen molar-refractivity contribution < 1.29 is 9.53 Å². The molecule has 0 atom stereocenters. The Balaban J connectivity index is 2.15. The molecule has 1 aromatic heterocycles. The van der Waals surface area contributed by atoms with Gasteiger partial charge in [-0.05, 0) is 36.8 Å². The van der Waals surface area contributed by atoms with Crippen LogP contribution in [0.25, 0.3) is 10.2 Å². The van der Waals surface area contributed by atoms with Crippen LogP contribution in [-0.2, 0) is 6.54 Å². The summed E-state index contributed by atoms with van der Waals surface area (Å²) >= 11 is 7.55. The van der Waals surface area contributed by atoms with E-state index in [1.54, 1.807) is 25.3 Å². The molecule has 3 rings (SSSR count). The van der Waals surface area contributed by atoms with Crippen molar-refractivity contribution in [1.29, 1.82) is 0 Å². The number of carbonyl (C=O) groups excluding carboxylic acids is 1. The number of rotatable bonds is 4. The quantitative estimate of drug-likeness (QED) is 0.686. The van der Waals surface area contributed by atoms with Crippen LogP contribution in [0.4, 0.5) is 0 Å². The number of hydrogen-bond acceptors (Lipinski definition) is 3. The van der Waals surface area contributed by atoms with Crippen molar-refractivity contribution in [2.24, 2.45) is 4.99 Å². The van der Waals surface area contributed by atoms with E-state index in [2.05, 4.69) is 16.5 Å². The van der Waals surface area contributed by atoms with Gasteiger partial charge in [0, 0.05) is 11.6 Å². The van der Waals surface area contributed by atoms with Gasteiger partial charge in [-0.25, -0.2) is 0 Å². The highest BCUT2D eigenvalue weighted by atomic mass is 35.5. The number of amides is 1. The van der Waals surface area contributed by atoms with Gasteiger partial charge in [0.15, 0.2) is 4.80 Å². The van der Waals surface area contributed by atoms with E-state index < -0.39 is 0 Å². The van der Waals surface area contributed by atoms with Gasteiger partial charge >= 0.3 is 0 Å². The summed E-state index contributed by atoms with van der Waals surface area (Å²) in [5.41, 5.74) is 1.50. The predicted octanol–water partition coefficient (Wildman–Crippen LogP) is 4.52. The van der Waals surface area contributed by atoms with Gasteiger partial charge < -0.3 is 9.30 Å². The number of hydrogen-bond donors (Lipinski definition) is 0. The van der Waals surface area contributed by atoms with Gasteiger partial charge in [-0.3, -0.25) is 4.79 Å². The van der Waals surface area contributed by atoms with E-state index >= 15 is 0 Å². The predicted molar refractivity (Wildman–Crippen MR) is 98.0 cm³/mol. The summed E-state index contributed by atoms with van der Waals surface area (Å²) in [6, 6.07) is 12.8. The third-order valence-electron chi connectivity index (χ3n) is 3.63. The van der Waals surface area contributed by atoms with Crippen molar-refractivity contribution in [1.82, 2.24) is 4.57 Å². The van der Waals surface area contributed by atoms with Crippen LogP contribution in [0.3, 0.4) is 0 Å². The Morgan fingerprint density at radius 3 is 2.83 bits per heavy atom. The Labute approximate surface area is 149 Å². The van der Waals surface area contributed by atoms with Crippen LogP contribution >= 0.6 is 22.9 Å². The molecule has 0 fully saturated rings. The maximum absolute atomic E-state index is 12.6. The first-order valence-electron chi connectivity index (χ1n) is 7.65. The molecule has 0 radical (unpaired) electrons. The average molecular weight is 361 g/mol. The minimum atomic E-state index is -0.310. The number of thiazole rings is 1. The average Bonchev–Trinajstić information content (AvgIpc) is 2.91. The van der Waals surface area contributed by atoms with Crippen LogP contribution in [0.5, 0.6) is 5.75 Å². The first-order valence-corrected chi connectivity index (χ1v) is 8.84. The van der Waals surface area contributed by atoms with Crippen molar-refractivity contribution >= 4 is 39.1 Å². The molecule has 0 saturated carbocycles. The van der Waals surface area contributed by atoms with Gasteiger partial charge in [-0.15, -0.1) is 0 Å². The summed E-state index contributed by atoms with van der Waals surface area (Å²) in [5.74, 6) is 0.215. The number of carbonyl (C=O) groups is 1. The molecule has 3 aromatic rings. The van der Waals surface area contributed by atoms with E-state index in [0.717, 1.165) is 23.2 Å². The lowest BCUT2D eigenvalue weighted by molar-refractivity contribution is 0.0995. The second-order valence-electron chi connectivity index (χ2n) is 5.27. The fourth-order valence-electron chi connectivity index (χ4n) is 2.54. The topological polar surface area (TPSA) is 43.6 Å². The van der Waals surface area contributed by atoms with Crippen LogP contribution in [-0.4, -0.2) is 17.6 Å². The molecule has 0 saturated heterocycles. The van der Waals surface area contributed by atoms with E-state index in [9.17, 15) is 4.79 Å². The Kier molecular flexibility index (Phi) is 5.02. The summed E-state index contributed by atoms with van der Waals surface area (Å²) in [5, 5.41) is 0.676. The molecule has 1 amide bonds. The lowest BCUT2D eigenvalue weighted by Crippen LogP contribution is -2.17. The van der Waals surface area contributed by atoms with Crippen LogP contribution < -0.4 is 9.54 Å². The highest BCUT2D eigenvalue weighted by Gasteiger charge is 2.12. The molecule has 24 heavy (non-hydrogen) atoms. The second-order valence-corrected chi connectivity index (χ2v) is 6.71. The molecule has 0 unspecified atom stereocenters. The molecule has 0 aliphatic carbocycles. The van der Waals surface area contributed by atoms with E-state index in [-0.39, 0.29) is 5.91 Å². The summed E-state index contributed by atoms with van der Waals surface area (Å²) in [7, 11) is 1.55. The fourth-order valence-corrected chi connectivity index (χ4v) is 3.87. The van der Waals surface area contributed by atoms with Crippen molar-refractivity contribution in [2.75, 3.05) is 7.11 Å². The summed E-state index contributed by atoms with van der Waals surface area (Å²) in [6.07, 6.45) is 0.949. The van der Waals surface area contributed by atoms with E-state index in [4.69, 9.17) is 16.3 Å². The number of fused-ring (bicyclic) bond motifs is 1. The SMILES string of the molecule is CCCn1c(=NC(=O)c2ccccc2OC)sc2cc(Cl)ccc21. The molecular formula is C18H17ClN2O2S. The zero-order chi connectivity index (χ0) is 17.1. The zero-order valence-electron chi connectivity index (χ0n) is 13.5. The van der Waals surface area contributed by atoms with Crippen molar-refractivity contribution in [3.63, 3.8) is 0 Å². The molecule has 4 nitrogen and oxygen atoms in total. The number of halogens is 1. The van der Waals surface area contributed by atoms with Crippen molar-refractivity contribution in [3.05, 3.63) is 57.9 Å². The van der Waals surface area contributed by atoms with Gasteiger partial charge in [0.05, 0.1) is 22.9 Å². The van der Waals surface area contributed by atoms with E-state index in [0.29, 0.717) is 21.1 Å². The molecule has 0 N–H and O–H groups in total. The molecule has 2 aromatic carbocycles. The normalized spacial score (nSPS) is 11.9. The Bertz CT molecular complexity index is 959. The number of nitrogens with zero attached hydrogens (tertiary/aromatic N) is 2. The molecule has 0 spiro atoms. The lowest BCUT2D eigenvalue weighted by Gasteiger charge is -2.05. The Hall–Kier alpha value is -2.11. The van der Waals surface area contributed by atoms with E-state index in [1.807, 2.05) is 24.3 Å². The van der Waals surface area contributed by atoms with Crippen LogP contribution in [0.1, 0.15) is 23.7 Å². The molecule has 6 heteroatoms. The van der Waals surface area contributed by atoms with Crippen LogP contribution in [0, 0.1) is 0 Å². The Morgan fingerprint density at radius 1 is 1.29 bits per heavy atom. The van der Waals surface area contributed by atoms with Crippen molar-refractivity contribution in [2.45, 2.75) is 19.9 Å². The number of benzene rings is 2. The number of aromatic nitrogens is 1. The maximum Gasteiger partial charge on any atom is 0.283 e. The monoisotopic (exact) mass is 360 g/mol. The molecule has 0 aliphatic rings. The minimum Gasteiger partial charge on any atom is -0.496 e. The number of para-hydroxylation sites is 1. The van der Waals surface area contributed by atoms with Crippen molar-refractivity contribution in [3.8, 4) is 5.75 Å².